The molecule has 0 aliphatic carbocycles. The summed E-state index contributed by atoms with van der Waals surface area (Å²) in [5.41, 5.74) is 2.16. The van der Waals surface area contributed by atoms with Crippen molar-refractivity contribution < 1.29 is 4.79 Å². The van der Waals surface area contributed by atoms with Crippen LogP contribution in [0.4, 0.5) is 0 Å². The van der Waals surface area contributed by atoms with E-state index in [4.69, 9.17) is 23.2 Å². The first kappa shape index (κ1) is 13.1. The summed E-state index contributed by atoms with van der Waals surface area (Å²) in [5.74, 6) is 0.0528. The number of carbonyl (C=O) groups excluding carboxylic acids is 1. The predicted octanol–water partition coefficient (Wildman–Crippen LogP) is 4.71. The minimum atomic E-state index is 0.0528. The van der Waals surface area contributed by atoms with E-state index in [2.05, 4.69) is 0 Å². The van der Waals surface area contributed by atoms with Crippen molar-refractivity contribution in [2.75, 3.05) is 0 Å². The van der Waals surface area contributed by atoms with Gasteiger partial charge in [0.15, 0.2) is 0 Å². The molecule has 92 valence electrons. The first-order chi connectivity index (χ1) is 8.70. The first-order valence-electron chi connectivity index (χ1n) is 5.65. The van der Waals surface area contributed by atoms with E-state index in [1.807, 2.05) is 48.5 Å². The number of carbonyl (C=O) groups is 1. The Morgan fingerprint density at radius 3 is 1.56 bits per heavy atom. The Morgan fingerprint density at radius 1 is 0.833 bits per heavy atom. The second-order valence-electron chi connectivity index (χ2n) is 4.06. The zero-order valence-corrected chi connectivity index (χ0v) is 11.2. The van der Waals surface area contributed by atoms with Gasteiger partial charge in [0.1, 0.15) is 6.29 Å². The zero-order chi connectivity index (χ0) is 13.0. The highest BCUT2D eigenvalue weighted by molar-refractivity contribution is 6.30. The van der Waals surface area contributed by atoms with Gasteiger partial charge >= 0.3 is 0 Å². The zero-order valence-electron chi connectivity index (χ0n) is 9.64. The SMILES string of the molecule is O=CCC(c1ccc(Cl)cc1)c1ccc(Cl)cc1. The Balaban J connectivity index is 2.35. The van der Waals surface area contributed by atoms with Crippen molar-refractivity contribution in [1.82, 2.24) is 0 Å². The fourth-order valence-corrected chi connectivity index (χ4v) is 2.20. The molecule has 2 aromatic rings. The minimum absolute atomic E-state index is 0.0528. The summed E-state index contributed by atoms with van der Waals surface area (Å²) in [6.45, 7) is 0. The first-order valence-corrected chi connectivity index (χ1v) is 6.41. The van der Waals surface area contributed by atoms with E-state index >= 15 is 0 Å². The van der Waals surface area contributed by atoms with Crippen LogP contribution in [0.3, 0.4) is 0 Å². The fraction of sp³-hybridized carbons (Fsp3) is 0.133. The van der Waals surface area contributed by atoms with Gasteiger partial charge in [-0.3, -0.25) is 0 Å². The van der Waals surface area contributed by atoms with Gasteiger partial charge < -0.3 is 4.79 Å². The van der Waals surface area contributed by atoms with Crippen LogP contribution in [0.25, 0.3) is 0 Å². The number of halogens is 2. The van der Waals surface area contributed by atoms with Crippen molar-refractivity contribution in [2.24, 2.45) is 0 Å². The maximum absolute atomic E-state index is 10.8. The molecule has 0 bridgehead atoms. The van der Waals surface area contributed by atoms with Crippen molar-refractivity contribution in [2.45, 2.75) is 12.3 Å². The normalized spacial score (nSPS) is 10.6. The van der Waals surface area contributed by atoms with Crippen LogP contribution in [0, 0.1) is 0 Å². The smallest absolute Gasteiger partial charge is 0.120 e. The summed E-state index contributed by atoms with van der Waals surface area (Å²) in [4.78, 5) is 10.8. The summed E-state index contributed by atoms with van der Waals surface area (Å²) in [6, 6.07) is 15.1. The standard InChI is InChI=1S/C15H12Cl2O/c16-13-5-1-11(2-6-13)15(9-10-18)12-3-7-14(17)8-4-12/h1-8,10,15H,9H2. The van der Waals surface area contributed by atoms with E-state index in [1.54, 1.807) is 0 Å². The number of hydrogen-bond donors (Lipinski definition) is 0. The lowest BCUT2D eigenvalue weighted by Gasteiger charge is -2.15. The second-order valence-corrected chi connectivity index (χ2v) is 4.93. The monoisotopic (exact) mass is 278 g/mol. The molecule has 0 aliphatic rings. The molecule has 18 heavy (non-hydrogen) atoms. The molecule has 0 saturated carbocycles. The van der Waals surface area contributed by atoms with Gasteiger partial charge in [-0.1, -0.05) is 47.5 Å². The maximum Gasteiger partial charge on any atom is 0.120 e. The van der Waals surface area contributed by atoms with Crippen molar-refractivity contribution in [1.29, 1.82) is 0 Å². The molecule has 0 atom stereocenters. The average molecular weight is 279 g/mol. The lowest BCUT2D eigenvalue weighted by atomic mass is 9.89. The quantitative estimate of drug-likeness (QED) is 0.740. The van der Waals surface area contributed by atoms with Gasteiger partial charge in [0.2, 0.25) is 0 Å². The fourth-order valence-electron chi connectivity index (χ4n) is 1.95. The predicted molar refractivity (Wildman–Crippen MR) is 75.4 cm³/mol. The Morgan fingerprint density at radius 2 is 1.22 bits per heavy atom. The lowest BCUT2D eigenvalue weighted by molar-refractivity contribution is -0.108. The summed E-state index contributed by atoms with van der Waals surface area (Å²) >= 11 is 11.7. The van der Waals surface area contributed by atoms with Crippen molar-refractivity contribution in [3.05, 3.63) is 69.7 Å². The number of hydrogen-bond acceptors (Lipinski definition) is 1. The number of aldehydes is 1. The molecule has 0 spiro atoms. The van der Waals surface area contributed by atoms with Crippen LogP contribution in [0.15, 0.2) is 48.5 Å². The summed E-state index contributed by atoms with van der Waals surface area (Å²) in [6.07, 6.45) is 1.39. The molecule has 0 aliphatic heterocycles. The van der Waals surface area contributed by atoms with Gasteiger partial charge in [-0.25, -0.2) is 0 Å². The van der Waals surface area contributed by atoms with E-state index in [9.17, 15) is 4.79 Å². The van der Waals surface area contributed by atoms with E-state index < -0.39 is 0 Å². The second kappa shape index (κ2) is 6.03. The molecular formula is C15H12Cl2O. The van der Waals surface area contributed by atoms with Crippen LogP contribution >= 0.6 is 23.2 Å². The molecule has 0 saturated heterocycles. The van der Waals surface area contributed by atoms with Crippen LogP contribution in [0.1, 0.15) is 23.5 Å². The molecule has 0 amide bonds. The molecular weight excluding hydrogens is 267 g/mol. The van der Waals surface area contributed by atoms with Crippen LogP contribution in [-0.4, -0.2) is 6.29 Å². The van der Waals surface area contributed by atoms with E-state index in [0.29, 0.717) is 16.5 Å². The summed E-state index contributed by atoms with van der Waals surface area (Å²) in [7, 11) is 0. The third kappa shape index (κ3) is 3.12. The summed E-state index contributed by atoms with van der Waals surface area (Å²) in [5, 5.41) is 1.39. The highest BCUT2D eigenvalue weighted by Crippen LogP contribution is 2.29. The van der Waals surface area contributed by atoms with E-state index in [0.717, 1.165) is 17.4 Å². The van der Waals surface area contributed by atoms with Gasteiger partial charge in [0.05, 0.1) is 0 Å². The molecule has 2 rings (SSSR count). The third-order valence-electron chi connectivity index (χ3n) is 2.88. The van der Waals surface area contributed by atoms with Gasteiger partial charge in [0, 0.05) is 22.4 Å². The minimum Gasteiger partial charge on any atom is -0.303 e. The van der Waals surface area contributed by atoms with E-state index in [-0.39, 0.29) is 5.92 Å². The number of rotatable bonds is 4. The Bertz CT molecular complexity index is 472. The Kier molecular flexibility index (Phi) is 4.40. The van der Waals surface area contributed by atoms with Crippen molar-refractivity contribution in [3.63, 3.8) is 0 Å². The largest absolute Gasteiger partial charge is 0.303 e. The molecule has 2 aromatic carbocycles. The van der Waals surface area contributed by atoms with Gasteiger partial charge in [-0.15, -0.1) is 0 Å². The van der Waals surface area contributed by atoms with Crippen LogP contribution in [0.5, 0.6) is 0 Å². The Hall–Kier alpha value is -1.31. The van der Waals surface area contributed by atoms with Gasteiger partial charge in [0.25, 0.3) is 0 Å². The molecule has 3 heteroatoms. The summed E-state index contributed by atoms with van der Waals surface area (Å²) < 4.78 is 0. The third-order valence-corrected chi connectivity index (χ3v) is 3.38. The van der Waals surface area contributed by atoms with Crippen LogP contribution in [-0.2, 0) is 4.79 Å². The molecule has 0 N–H and O–H groups in total. The highest BCUT2D eigenvalue weighted by Gasteiger charge is 2.13. The van der Waals surface area contributed by atoms with Crippen molar-refractivity contribution >= 4 is 29.5 Å². The van der Waals surface area contributed by atoms with Gasteiger partial charge in [-0.2, -0.15) is 0 Å². The van der Waals surface area contributed by atoms with Gasteiger partial charge in [-0.05, 0) is 35.4 Å². The average Bonchev–Trinajstić information content (AvgIpc) is 2.39. The molecule has 0 heterocycles. The lowest BCUT2D eigenvalue weighted by Crippen LogP contribution is -2.01. The molecule has 0 aromatic heterocycles. The molecule has 0 radical (unpaired) electrons. The number of benzene rings is 2. The molecule has 0 fully saturated rings. The Labute approximate surface area is 116 Å². The highest BCUT2D eigenvalue weighted by atomic mass is 35.5. The topological polar surface area (TPSA) is 17.1 Å². The van der Waals surface area contributed by atoms with Crippen LogP contribution in [0.2, 0.25) is 10.0 Å². The maximum atomic E-state index is 10.8. The van der Waals surface area contributed by atoms with Crippen molar-refractivity contribution in [3.8, 4) is 0 Å². The molecule has 1 nitrogen and oxygen atoms in total. The molecule has 0 unspecified atom stereocenters. The van der Waals surface area contributed by atoms with E-state index in [1.165, 1.54) is 0 Å². The van der Waals surface area contributed by atoms with Crippen LogP contribution < -0.4 is 0 Å².